The van der Waals surface area contributed by atoms with E-state index in [-0.39, 0.29) is 0 Å². The molecule has 12 heavy (non-hydrogen) atoms. The molecule has 2 aliphatic rings. The van der Waals surface area contributed by atoms with E-state index in [4.69, 9.17) is 0 Å². The van der Waals surface area contributed by atoms with Gasteiger partial charge in [0.2, 0.25) is 0 Å². The van der Waals surface area contributed by atoms with Gasteiger partial charge in [-0.3, -0.25) is 0 Å². The smallest absolute Gasteiger partial charge is 0.103 e. The van der Waals surface area contributed by atoms with Crippen LogP contribution in [0.1, 0.15) is 12.8 Å². The van der Waals surface area contributed by atoms with E-state index in [2.05, 4.69) is 10.2 Å². The molecule has 0 aromatic carbocycles. The van der Waals surface area contributed by atoms with E-state index in [0.717, 1.165) is 44.9 Å². The number of hydrogen-bond donors (Lipinski definition) is 1. The molecule has 2 nitrogen and oxygen atoms in total. The molecule has 70 valence electrons. The van der Waals surface area contributed by atoms with Crippen molar-refractivity contribution in [2.75, 3.05) is 32.7 Å². The lowest BCUT2D eigenvalue weighted by molar-refractivity contribution is 0.121. The second-order valence-electron chi connectivity index (χ2n) is 4.00. The van der Waals surface area contributed by atoms with Crippen molar-refractivity contribution in [1.29, 1.82) is 0 Å². The van der Waals surface area contributed by atoms with Crippen LogP contribution >= 0.6 is 0 Å². The van der Waals surface area contributed by atoms with Gasteiger partial charge in [0.05, 0.1) is 0 Å². The Morgan fingerprint density at radius 1 is 1.25 bits per heavy atom. The summed E-state index contributed by atoms with van der Waals surface area (Å²) in [6, 6.07) is 0. The Bertz CT molecular complexity index is 139. The van der Waals surface area contributed by atoms with Gasteiger partial charge in [-0.2, -0.15) is 0 Å². The van der Waals surface area contributed by atoms with Gasteiger partial charge in [0.15, 0.2) is 0 Å². The zero-order valence-corrected chi connectivity index (χ0v) is 7.43. The Labute approximate surface area is 73.1 Å². The van der Waals surface area contributed by atoms with Gasteiger partial charge in [0.25, 0.3) is 0 Å². The standard InChI is InChI=1S/C9H17FN2/c10-9-1-3-12(4-2-9)7-8-5-11-6-8/h8-9,11H,1-7H2. The van der Waals surface area contributed by atoms with Crippen molar-refractivity contribution in [3.8, 4) is 0 Å². The molecule has 0 aromatic heterocycles. The summed E-state index contributed by atoms with van der Waals surface area (Å²) in [5.74, 6) is 0.834. The highest BCUT2D eigenvalue weighted by molar-refractivity contribution is 4.80. The lowest BCUT2D eigenvalue weighted by Gasteiger charge is -2.35. The van der Waals surface area contributed by atoms with Gasteiger partial charge in [-0.15, -0.1) is 0 Å². The molecule has 2 rings (SSSR count). The molecule has 1 N–H and O–H groups in total. The van der Waals surface area contributed by atoms with E-state index in [0.29, 0.717) is 0 Å². The lowest BCUT2D eigenvalue weighted by atomic mass is 10.0. The Kier molecular flexibility index (Phi) is 2.61. The molecule has 3 heteroatoms. The number of nitrogens with zero attached hydrogens (tertiary/aromatic N) is 1. The topological polar surface area (TPSA) is 15.3 Å². The van der Waals surface area contributed by atoms with Crippen molar-refractivity contribution >= 4 is 0 Å². The Balaban J connectivity index is 1.67. The number of alkyl halides is 1. The summed E-state index contributed by atoms with van der Waals surface area (Å²) >= 11 is 0. The fourth-order valence-electron chi connectivity index (χ4n) is 1.93. The van der Waals surface area contributed by atoms with Crippen LogP contribution in [0.5, 0.6) is 0 Å². The summed E-state index contributed by atoms with van der Waals surface area (Å²) in [7, 11) is 0. The van der Waals surface area contributed by atoms with E-state index in [9.17, 15) is 4.39 Å². The molecule has 2 saturated heterocycles. The average Bonchev–Trinajstić information content (AvgIpc) is 2.00. The van der Waals surface area contributed by atoms with Gasteiger partial charge < -0.3 is 10.2 Å². The molecule has 0 saturated carbocycles. The van der Waals surface area contributed by atoms with Crippen LogP contribution in [-0.4, -0.2) is 43.8 Å². The summed E-state index contributed by atoms with van der Waals surface area (Å²) in [6.45, 7) is 5.44. The van der Waals surface area contributed by atoms with Crippen LogP contribution in [0.4, 0.5) is 4.39 Å². The largest absolute Gasteiger partial charge is 0.316 e. The maximum atomic E-state index is 12.8. The fourth-order valence-corrected chi connectivity index (χ4v) is 1.93. The molecule has 2 aliphatic heterocycles. The molecular weight excluding hydrogens is 155 g/mol. The minimum atomic E-state index is -0.527. The van der Waals surface area contributed by atoms with Crippen LogP contribution in [0.25, 0.3) is 0 Å². The minimum absolute atomic E-state index is 0.527. The van der Waals surface area contributed by atoms with Crippen LogP contribution in [0, 0.1) is 5.92 Å². The van der Waals surface area contributed by atoms with Gasteiger partial charge in [0.1, 0.15) is 6.17 Å². The average molecular weight is 172 g/mol. The Hall–Kier alpha value is -0.150. The third-order valence-electron chi connectivity index (χ3n) is 2.90. The first-order valence-corrected chi connectivity index (χ1v) is 4.92. The summed E-state index contributed by atoms with van der Waals surface area (Å²) in [5, 5.41) is 3.26. The molecule has 0 unspecified atom stereocenters. The molecule has 0 bridgehead atoms. The quantitative estimate of drug-likeness (QED) is 0.657. The van der Waals surface area contributed by atoms with Crippen molar-refractivity contribution in [2.45, 2.75) is 19.0 Å². The Morgan fingerprint density at radius 3 is 2.42 bits per heavy atom. The van der Waals surface area contributed by atoms with E-state index in [1.54, 1.807) is 0 Å². The highest BCUT2D eigenvalue weighted by Gasteiger charge is 2.23. The van der Waals surface area contributed by atoms with E-state index in [1.165, 1.54) is 6.54 Å². The lowest BCUT2D eigenvalue weighted by Crippen LogP contribution is -2.49. The highest BCUT2D eigenvalue weighted by Crippen LogP contribution is 2.15. The first-order chi connectivity index (χ1) is 5.84. The fraction of sp³-hybridized carbons (Fsp3) is 1.00. The monoisotopic (exact) mass is 172 g/mol. The summed E-state index contributed by atoms with van der Waals surface area (Å²) in [5.41, 5.74) is 0. The Morgan fingerprint density at radius 2 is 1.92 bits per heavy atom. The number of likely N-dealkylation sites (tertiary alicyclic amines) is 1. The summed E-state index contributed by atoms with van der Waals surface area (Å²) < 4.78 is 12.8. The molecular formula is C9H17FN2. The van der Waals surface area contributed by atoms with E-state index < -0.39 is 6.17 Å². The predicted molar refractivity (Wildman–Crippen MR) is 46.9 cm³/mol. The third kappa shape index (κ3) is 1.96. The van der Waals surface area contributed by atoms with Crippen LogP contribution in [-0.2, 0) is 0 Å². The molecule has 0 radical (unpaired) electrons. The second-order valence-corrected chi connectivity index (χ2v) is 4.00. The van der Waals surface area contributed by atoms with Gasteiger partial charge in [-0.1, -0.05) is 0 Å². The maximum absolute atomic E-state index is 12.8. The van der Waals surface area contributed by atoms with Crippen LogP contribution in [0.15, 0.2) is 0 Å². The number of nitrogens with one attached hydrogen (secondary N) is 1. The SMILES string of the molecule is FC1CCN(CC2CNC2)CC1. The van der Waals surface area contributed by atoms with E-state index in [1.807, 2.05) is 0 Å². The molecule has 0 atom stereocenters. The van der Waals surface area contributed by atoms with E-state index >= 15 is 0 Å². The van der Waals surface area contributed by atoms with Crippen molar-refractivity contribution in [3.05, 3.63) is 0 Å². The predicted octanol–water partition coefficient (Wildman–Crippen LogP) is 0.640. The van der Waals surface area contributed by atoms with Gasteiger partial charge in [-0.25, -0.2) is 4.39 Å². The normalized spacial score (nSPS) is 28.8. The van der Waals surface area contributed by atoms with Gasteiger partial charge in [0, 0.05) is 32.7 Å². The van der Waals surface area contributed by atoms with Crippen molar-refractivity contribution in [2.24, 2.45) is 5.92 Å². The molecule has 0 aromatic rings. The minimum Gasteiger partial charge on any atom is -0.316 e. The first kappa shape index (κ1) is 8.45. The first-order valence-electron chi connectivity index (χ1n) is 4.92. The molecule has 0 spiro atoms. The molecule has 2 heterocycles. The number of piperidine rings is 1. The van der Waals surface area contributed by atoms with Crippen LogP contribution in [0.3, 0.4) is 0 Å². The summed E-state index contributed by atoms with van der Waals surface area (Å²) in [6.07, 6.45) is 0.973. The molecule has 0 amide bonds. The number of halogens is 1. The maximum Gasteiger partial charge on any atom is 0.103 e. The second kappa shape index (κ2) is 3.71. The van der Waals surface area contributed by atoms with Gasteiger partial charge >= 0.3 is 0 Å². The van der Waals surface area contributed by atoms with Crippen LogP contribution < -0.4 is 5.32 Å². The zero-order valence-electron chi connectivity index (χ0n) is 7.43. The van der Waals surface area contributed by atoms with Gasteiger partial charge in [-0.05, 0) is 18.8 Å². The highest BCUT2D eigenvalue weighted by atomic mass is 19.1. The number of hydrogen-bond acceptors (Lipinski definition) is 2. The number of rotatable bonds is 2. The third-order valence-corrected chi connectivity index (χ3v) is 2.90. The van der Waals surface area contributed by atoms with Crippen molar-refractivity contribution < 1.29 is 4.39 Å². The van der Waals surface area contributed by atoms with Crippen molar-refractivity contribution in [1.82, 2.24) is 10.2 Å². The zero-order chi connectivity index (χ0) is 8.39. The van der Waals surface area contributed by atoms with Crippen molar-refractivity contribution in [3.63, 3.8) is 0 Å². The molecule has 2 fully saturated rings. The van der Waals surface area contributed by atoms with Crippen LogP contribution in [0.2, 0.25) is 0 Å². The summed E-state index contributed by atoms with van der Waals surface area (Å²) in [4.78, 5) is 2.40. The molecule has 0 aliphatic carbocycles.